The van der Waals surface area contributed by atoms with Gasteiger partial charge in [-0.2, -0.15) is 0 Å². The lowest BCUT2D eigenvalue weighted by Gasteiger charge is -2.20. The van der Waals surface area contributed by atoms with E-state index in [4.69, 9.17) is 0 Å². The van der Waals surface area contributed by atoms with Crippen molar-refractivity contribution < 1.29 is 9.59 Å². The van der Waals surface area contributed by atoms with Crippen molar-refractivity contribution in [2.75, 3.05) is 18.5 Å². The molecular weight excluding hydrogens is 370 g/mol. The van der Waals surface area contributed by atoms with E-state index in [1.807, 2.05) is 36.4 Å². The van der Waals surface area contributed by atoms with E-state index in [1.54, 1.807) is 29.4 Å². The summed E-state index contributed by atoms with van der Waals surface area (Å²) in [4.78, 5) is 31.5. The fourth-order valence-corrected chi connectivity index (χ4v) is 4.23. The number of aromatic nitrogens is 1. The van der Waals surface area contributed by atoms with Gasteiger partial charge in [0, 0.05) is 25.4 Å². The smallest absolute Gasteiger partial charge is 0.253 e. The van der Waals surface area contributed by atoms with Gasteiger partial charge in [-0.3, -0.25) is 9.59 Å². The lowest BCUT2D eigenvalue weighted by atomic mass is 10.1. The van der Waals surface area contributed by atoms with E-state index in [9.17, 15) is 9.59 Å². The van der Waals surface area contributed by atoms with Crippen molar-refractivity contribution in [3.63, 3.8) is 0 Å². The Morgan fingerprint density at radius 1 is 1.18 bits per heavy atom. The van der Waals surface area contributed by atoms with E-state index in [1.165, 1.54) is 0 Å². The Labute approximate surface area is 168 Å². The van der Waals surface area contributed by atoms with Crippen LogP contribution >= 0.6 is 11.3 Å². The van der Waals surface area contributed by atoms with Gasteiger partial charge < -0.3 is 10.2 Å². The minimum atomic E-state index is -0.168. The van der Waals surface area contributed by atoms with Crippen molar-refractivity contribution in [2.24, 2.45) is 5.92 Å². The van der Waals surface area contributed by atoms with Crippen LogP contribution in [-0.4, -0.2) is 30.4 Å². The van der Waals surface area contributed by atoms with Gasteiger partial charge in [0.05, 0.1) is 26.5 Å². The second kappa shape index (κ2) is 7.72. The minimum Gasteiger partial charge on any atom is -0.351 e. The maximum Gasteiger partial charge on any atom is 0.253 e. The number of anilines is 1. The van der Waals surface area contributed by atoms with E-state index in [0.717, 1.165) is 28.1 Å². The standard InChI is InChI=1S/C22H23N3O2S/c1-14(21-24-17-8-4-6-10-19(17)28-21)13-23-20(26)16-7-3-5-9-18(16)25(2)22(27)15-11-12-15/h3-10,14-15H,11-13H2,1-2H3,(H,23,26). The van der Waals surface area contributed by atoms with Crippen molar-refractivity contribution in [2.45, 2.75) is 25.7 Å². The van der Waals surface area contributed by atoms with Gasteiger partial charge in [0.2, 0.25) is 5.91 Å². The fraction of sp³-hybridized carbons (Fsp3) is 0.318. The number of para-hydroxylation sites is 2. The molecule has 0 radical (unpaired) electrons. The van der Waals surface area contributed by atoms with Crippen molar-refractivity contribution in [3.8, 4) is 0 Å². The summed E-state index contributed by atoms with van der Waals surface area (Å²) >= 11 is 1.66. The third-order valence-electron chi connectivity index (χ3n) is 5.07. The van der Waals surface area contributed by atoms with E-state index >= 15 is 0 Å². The van der Waals surface area contributed by atoms with Crippen molar-refractivity contribution >= 4 is 39.1 Å². The molecule has 1 aliphatic rings. The van der Waals surface area contributed by atoms with E-state index in [2.05, 4.69) is 23.3 Å². The Bertz CT molecular complexity index is 992. The van der Waals surface area contributed by atoms with Crippen LogP contribution in [0.15, 0.2) is 48.5 Å². The average Bonchev–Trinajstić information content (AvgIpc) is 3.48. The summed E-state index contributed by atoms with van der Waals surface area (Å²) in [7, 11) is 1.75. The maximum atomic E-state index is 12.8. The molecular formula is C22H23N3O2S. The van der Waals surface area contributed by atoms with Crippen LogP contribution < -0.4 is 10.2 Å². The molecule has 2 amide bonds. The lowest BCUT2D eigenvalue weighted by Crippen LogP contribution is -2.32. The maximum absolute atomic E-state index is 12.8. The van der Waals surface area contributed by atoms with Crippen LogP contribution in [0.3, 0.4) is 0 Å². The molecule has 1 N–H and O–H groups in total. The summed E-state index contributed by atoms with van der Waals surface area (Å²) in [5, 5.41) is 4.02. The first-order valence-electron chi connectivity index (χ1n) is 9.55. The number of carbonyl (C=O) groups is 2. The molecule has 2 aromatic carbocycles. The molecule has 6 heteroatoms. The topological polar surface area (TPSA) is 62.3 Å². The molecule has 1 unspecified atom stereocenters. The van der Waals surface area contributed by atoms with Crippen LogP contribution in [0.5, 0.6) is 0 Å². The molecule has 144 valence electrons. The first-order chi connectivity index (χ1) is 13.5. The normalized spacial score (nSPS) is 14.6. The zero-order chi connectivity index (χ0) is 19.7. The SMILES string of the molecule is CC(CNC(=O)c1ccccc1N(C)C(=O)C1CC1)c1nc2ccccc2s1. The molecule has 3 aromatic rings. The molecule has 0 saturated heterocycles. The highest BCUT2D eigenvalue weighted by molar-refractivity contribution is 7.18. The van der Waals surface area contributed by atoms with E-state index in [0.29, 0.717) is 17.8 Å². The Morgan fingerprint density at radius 3 is 2.64 bits per heavy atom. The number of hydrogen-bond donors (Lipinski definition) is 1. The molecule has 28 heavy (non-hydrogen) atoms. The number of nitrogens with zero attached hydrogens (tertiary/aromatic N) is 2. The molecule has 1 aliphatic carbocycles. The zero-order valence-corrected chi connectivity index (χ0v) is 16.8. The first-order valence-corrected chi connectivity index (χ1v) is 10.4. The lowest BCUT2D eigenvalue weighted by molar-refractivity contribution is -0.119. The summed E-state index contributed by atoms with van der Waals surface area (Å²) in [5.41, 5.74) is 2.17. The number of nitrogens with one attached hydrogen (secondary N) is 1. The van der Waals surface area contributed by atoms with Crippen LogP contribution in [0.4, 0.5) is 5.69 Å². The molecule has 1 aromatic heterocycles. The van der Waals surface area contributed by atoms with Crippen LogP contribution in [0.25, 0.3) is 10.2 Å². The molecule has 1 heterocycles. The molecule has 5 nitrogen and oxygen atoms in total. The number of hydrogen-bond acceptors (Lipinski definition) is 4. The van der Waals surface area contributed by atoms with Crippen molar-refractivity contribution in [1.29, 1.82) is 0 Å². The highest BCUT2D eigenvalue weighted by atomic mass is 32.1. The second-order valence-electron chi connectivity index (χ2n) is 7.32. The summed E-state index contributed by atoms with van der Waals surface area (Å²) in [5.74, 6) is 0.140. The Kier molecular flexibility index (Phi) is 5.13. The third-order valence-corrected chi connectivity index (χ3v) is 6.34. The predicted octanol–water partition coefficient (Wildman–Crippen LogP) is 4.20. The van der Waals surface area contributed by atoms with Gasteiger partial charge in [-0.25, -0.2) is 4.98 Å². The number of rotatable bonds is 6. The highest BCUT2D eigenvalue weighted by Crippen LogP contribution is 2.33. The van der Waals surface area contributed by atoms with Gasteiger partial charge in [-0.1, -0.05) is 31.2 Å². The van der Waals surface area contributed by atoms with Crippen LogP contribution in [-0.2, 0) is 4.79 Å². The second-order valence-corrected chi connectivity index (χ2v) is 8.38. The van der Waals surface area contributed by atoms with E-state index in [-0.39, 0.29) is 23.7 Å². The Balaban J connectivity index is 1.45. The average molecular weight is 394 g/mol. The van der Waals surface area contributed by atoms with Crippen molar-refractivity contribution in [3.05, 3.63) is 59.1 Å². The molecule has 1 atom stereocenters. The fourth-order valence-electron chi connectivity index (χ4n) is 3.21. The molecule has 0 bridgehead atoms. The third kappa shape index (κ3) is 3.78. The highest BCUT2D eigenvalue weighted by Gasteiger charge is 2.33. The van der Waals surface area contributed by atoms with Crippen LogP contribution in [0.1, 0.15) is 41.0 Å². The number of thiazole rings is 1. The quantitative estimate of drug-likeness (QED) is 0.683. The van der Waals surface area contributed by atoms with E-state index < -0.39 is 0 Å². The monoisotopic (exact) mass is 393 g/mol. The Hall–Kier alpha value is -2.73. The number of fused-ring (bicyclic) bond motifs is 1. The van der Waals surface area contributed by atoms with Crippen LogP contribution in [0, 0.1) is 5.92 Å². The largest absolute Gasteiger partial charge is 0.351 e. The summed E-state index contributed by atoms with van der Waals surface area (Å²) in [6, 6.07) is 15.3. The molecule has 0 spiro atoms. The van der Waals surface area contributed by atoms with Gasteiger partial charge in [-0.05, 0) is 37.1 Å². The van der Waals surface area contributed by atoms with Gasteiger partial charge in [0.25, 0.3) is 5.91 Å². The molecule has 1 saturated carbocycles. The number of amides is 2. The minimum absolute atomic E-state index is 0.0862. The molecule has 0 aliphatic heterocycles. The number of benzene rings is 2. The van der Waals surface area contributed by atoms with Gasteiger partial charge in [0.15, 0.2) is 0 Å². The van der Waals surface area contributed by atoms with Crippen molar-refractivity contribution in [1.82, 2.24) is 10.3 Å². The zero-order valence-electron chi connectivity index (χ0n) is 16.0. The number of carbonyl (C=O) groups excluding carboxylic acids is 2. The van der Waals surface area contributed by atoms with Crippen LogP contribution in [0.2, 0.25) is 0 Å². The molecule has 4 rings (SSSR count). The van der Waals surface area contributed by atoms with Gasteiger partial charge in [0.1, 0.15) is 0 Å². The van der Waals surface area contributed by atoms with Gasteiger partial charge in [-0.15, -0.1) is 11.3 Å². The first kappa shape index (κ1) is 18.6. The molecule has 1 fully saturated rings. The summed E-state index contributed by atoms with van der Waals surface area (Å²) in [6.45, 7) is 2.56. The summed E-state index contributed by atoms with van der Waals surface area (Å²) < 4.78 is 1.15. The Morgan fingerprint density at radius 2 is 1.89 bits per heavy atom. The van der Waals surface area contributed by atoms with Gasteiger partial charge >= 0.3 is 0 Å². The predicted molar refractivity (Wildman–Crippen MR) is 113 cm³/mol. The summed E-state index contributed by atoms with van der Waals surface area (Å²) in [6.07, 6.45) is 1.88.